The van der Waals surface area contributed by atoms with Gasteiger partial charge in [0.15, 0.2) is 0 Å². The number of carbonyl (C=O) groups excluding carboxylic acids is 1. The standard InChI is InChI=1S/C10H14N2O5/c1-3-17-5-12-6(2)4-7(13)8(10(12)15)9(14)11-16/h4,13,16H,3,5H2,1-2H3,(H,11,14). The predicted molar refractivity (Wildman–Crippen MR) is 58.0 cm³/mol. The van der Waals surface area contributed by atoms with E-state index in [1.807, 2.05) is 0 Å². The monoisotopic (exact) mass is 242 g/mol. The minimum absolute atomic E-state index is 0.0207. The van der Waals surface area contributed by atoms with E-state index in [0.717, 1.165) is 0 Å². The number of hydroxylamine groups is 1. The van der Waals surface area contributed by atoms with Crippen LogP contribution in [0.15, 0.2) is 10.9 Å². The lowest BCUT2D eigenvalue weighted by Crippen LogP contribution is -2.33. The first-order chi connectivity index (χ1) is 8.02. The summed E-state index contributed by atoms with van der Waals surface area (Å²) in [6, 6.07) is 1.25. The Bertz CT molecular complexity index is 480. The van der Waals surface area contributed by atoms with Crippen molar-refractivity contribution in [3.63, 3.8) is 0 Å². The van der Waals surface area contributed by atoms with Crippen molar-refractivity contribution in [3.05, 3.63) is 27.7 Å². The molecular weight excluding hydrogens is 228 g/mol. The van der Waals surface area contributed by atoms with Gasteiger partial charge in [0.25, 0.3) is 11.5 Å². The van der Waals surface area contributed by atoms with E-state index in [-0.39, 0.29) is 6.73 Å². The molecule has 1 aromatic heterocycles. The Morgan fingerprint density at radius 1 is 1.59 bits per heavy atom. The molecule has 0 aliphatic heterocycles. The van der Waals surface area contributed by atoms with Crippen LogP contribution < -0.4 is 11.0 Å². The Kier molecular flexibility index (Phi) is 4.24. The van der Waals surface area contributed by atoms with E-state index in [1.54, 1.807) is 13.8 Å². The van der Waals surface area contributed by atoms with Gasteiger partial charge in [0, 0.05) is 18.4 Å². The predicted octanol–water partition coefficient (Wildman–Crippen LogP) is -0.0247. The van der Waals surface area contributed by atoms with E-state index in [9.17, 15) is 14.7 Å². The van der Waals surface area contributed by atoms with E-state index >= 15 is 0 Å². The van der Waals surface area contributed by atoms with E-state index < -0.39 is 22.8 Å². The number of rotatable bonds is 4. The summed E-state index contributed by atoms with van der Waals surface area (Å²) >= 11 is 0. The van der Waals surface area contributed by atoms with Gasteiger partial charge < -0.3 is 9.84 Å². The minimum atomic E-state index is -1.06. The molecule has 3 N–H and O–H groups in total. The molecule has 1 amide bonds. The van der Waals surface area contributed by atoms with Gasteiger partial charge in [-0.05, 0) is 13.8 Å². The molecule has 0 unspecified atom stereocenters. The Hall–Kier alpha value is -1.86. The molecule has 0 aliphatic rings. The van der Waals surface area contributed by atoms with Gasteiger partial charge in [-0.3, -0.25) is 19.4 Å². The number of amides is 1. The normalized spacial score (nSPS) is 10.3. The molecule has 0 aromatic carbocycles. The van der Waals surface area contributed by atoms with Crippen molar-refractivity contribution in [3.8, 4) is 5.75 Å². The fraction of sp³-hybridized carbons (Fsp3) is 0.400. The Balaban J connectivity index is 3.33. The van der Waals surface area contributed by atoms with Crippen LogP contribution in [-0.4, -0.2) is 27.4 Å². The zero-order chi connectivity index (χ0) is 13.0. The van der Waals surface area contributed by atoms with Crippen LogP contribution in [0.4, 0.5) is 0 Å². The molecule has 0 radical (unpaired) electrons. The van der Waals surface area contributed by atoms with Gasteiger partial charge in [-0.15, -0.1) is 0 Å². The largest absolute Gasteiger partial charge is 0.507 e. The Morgan fingerprint density at radius 3 is 2.76 bits per heavy atom. The number of hydrogen-bond donors (Lipinski definition) is 3. The summed E-state index contributed by atoms with van der Waals surface area (Å²) in [6.07, 6.45) is 0. The number of nitrogens with zero attached hydrogens (tertiary/aromatic N) is 1. The topological polar surface area (TPSA) is 101 Å². The maximum atomic E-state index is 11.9. The third-order valence-electron chi connectivity index (χ3n) is 2.24. The minimum Gasteiger partial charge on any atom is -0.507 e. The molecule has 1 aromatic rings. The molecular formula is C10H14N2O5. The van der Waals surface area contributed by atoms with Gasteiger partial charge in [0.1, 0.15) is 18.0 Å². The number of carbonyl (C=O) groups is 1. The highest BCUT2D eigenvalue weighted by Gasteiger charge is 2.18. The number of pyridine rings is 1. The molecule has 0 spiro atoms. The van der Waals surface area contributed by atoms with Crippen LogP contribution in [0.2, 0.25) is 0 Å². The number of hydrogen-bond acceptors (Lipinski definition) is 5. The Morgan fingerprint density at radius 2 is 2.24 bits per heavy atom. The first-order valence-electron chi connectivity index (χ1n) is 4.98. The number of nitrogens with one attached hydrogen (secondary N) is 1. The maximum absolute atomic E-state index is 11.9. The summed E-state index contributed by atoms with van der Waals surface area (Å²) < 4.78 is 6.26. The number of aromatic hydroxyl groups is 1. The third kappa shape index (κ3) is 2.63. The number of ether oxygens (including phenoxy) is 1. The summed E-state index contributed by atoms with van der Waals surface area (Å²) in [7, 11) is 0. The fourth-order valence-corrected chi connectivity index (χ4v) is 1.37. The SMILES string of the molecule is CCOCn1c(C)cc(O)c(C(=O)NO)c1=O. The van der Waals surface area contributed by atoms with Crippen molar-refractivity contribution in [1.29, 1.82) is 0 Å². The van der Waals surface area contributed by atoms with Crippen molar-refractivity contribution < 1.29 is 19.8 Å². The quantitative estimate of drug-likeness (QED) is 0.508. The van der Waals surface area contributed by atoms with Gasteiger partial charge in [-0.1, -0.05) is 0 Å². The molecule has 0 saturated carbocycles. The second-order valence-corrected chi connectivity index (χ2v) is 3.34. The van der Waals surface area contributed by atoms with Gasteiger partial charge >= 0.3 is 0 Å². The van der Waals surface area contributed by atoms with Crippen molar-refractivity contribution in [2.75, 3.05) is 6.61 Å². The second-order valence-electron chi connectivity index (χ2n) is 3.34. The summed E-state index contributed by atoms with van der Waals surface area (Å²) in [5, 5.41) is 18.0. The number of aromatic nitrogens is 1. The lowest BCUT2D eigenvalue weighted by molar-refractivity contribution is 0.0690. The maximum Gasteiger partial charge on any atom is 0.284 e. The first kappa shape index (κ1) is 13.2. The number of aryl methyl sites for hydroxylation is 1. The summed E-state index contributed by atoms with van der Waals surface area (Å²) in [5.74, 6) is -1.54. The first-order valence-corrected chi connectivity index (χ1v) is 4.98. The molecule has 1 rings (SSSR count). The summed E-state index contributed by atoms with van der Waals surface area (Å²) in [6.45, 7) is 3.75. The van der Waals surface area contributed by atoms with Crippen molar-refractivity contribution >= 4 is 5.91 Å². The fourth-order valence-electron chi connectivity index (χ4n) is 1.37. The van der Waals surface area contributed by atoms with E-state index in [4.69, 9.17) is 9.94 Å². The van der Waals surface area contributed by atoms with E-state index in [2.05, 4.69) is 0 Å². The lowest BCUT2D eigenvalue weighted by Gasteiger charge is -2.12. The molecule has 0 saturated heterocycles. The van der Waals surface area contributed by atoms with Gasteiger partial charge in [-0.25, -0.2) is 5.48 Å². The molecule has 17 heavy (non-hydrogen) atoms. The van der Waals surface area contributed by atoms with Crippen molar-refractivity contribution in [2.45, 2.75) is 20.6 Å². The lowest BCUT2D eigenvalue weighted by atomic mass is 10.2. The zero-order valence-electron chi connectivity index (χ0n) is 9.56. The molecule has 94 valence electrons. The second kappa shape index (κ2) is 5.46. The molecule has 0 bridgehead atoms. The van der Waals surface area contributed by atoms with Gasteiger partial charge in [-0.2, -0.15) is 0 Å². The molecule has 0 fully saturated rings. The molecule has 1 heterocycles. The molecule has 0 atom stereocenters. The van der Waals surface area contributed by atoms with Crippen LogP contribution in [0.5, 0.6) is 5.75 Å². The third-order valence-corrected chi connectivity index (χ3v) is 2.24. The Labute approximate surface area is 97.2 Å². The summed E-state index contributed by atoms with van der Waals surface area (Å²) in [5.41, 5.74) is 0.531. The van der Waals surface area contributed by atoms with Crippen LogP contribution in [0.1, 0.15) is 23.0 Å². The molecule has 0 aliphatic carbocycles. The van der Waals surface area contributed by atoms with Crippen LogP contribution in [0.3, 0.4) is 0 Å². The van der Waals surface area contributed by atoms with E-state index in [0.29, 0.717) is 12.3 Å². The van der Waals surface area contributed by atoms with Crippen molar-refractivity contribution in [2.24, 2.45) is 0 Å². The van der Waals surface area contributed by atoms with Crippen LogP contribution >= 0.6 is 0 Å². The average molecular weight is 242 g/mol. The average Bonchev–Trinajstić information content (AvgIpc) is 2.28. The highest BCUT2D eigenvalue weighted by molar-refractivity contribution is 5.95. The smallest absolute Gasteiger partial charge is 0.284 e. The van der Waals surface area contributed by atoms with Crippen LogP contribution in [0.25, 0.3) is 0 Å². The highest BCUT2D eigenvalue weighted by Crippen LogP contribution is 2.14. The summed E-state index contributed by atoms with van der Waals surface area (Å²) in [4.78, 5) is 23.1. The van der Waals surface area contributed by atoms with Gasteiger partial charge in [0.2, 0.25) is 0 Å². The highest BCUT2D eigenvalue weighted by atomic mass is 16.5. The van der Waals surface area contributed by atoms with Crippen LogP contribution in [-0.2, 0) is 11.5 Å². The van der Waals surface area contributed by atoms with Crippen molar-refractivity contribution in [1.82, 2.24) is 10.0 Å². The van der Waals surface area contributed by atoms with Crippen LogP contribution in [0, 0.1) is 6.92 Å². The van der Waals surface area contributed by atoms with Gasteiger partial charge in [0.05, 0.1) is 0 Å². The zero-order valence-corrected chi connectivity index (χ0v) is 9.56. The molecule has 7 nitrogen and oxygen atoms in total. The van der Waals surface area contributed by atoms with E-state index in [1.165, 1.54) is 16.1 Å². The molecule has 7 heteroatoms.